The summed E-state index contributed by atoms with van der Waals surface area (Å²) in [5, 5.41) is 0. The zero-order valence-electron chi connectivity index (χ0n) is 17.2. The first kappa shape index (κ1) is 18.0. The van der Waals surface area contributed by atoms with Gasteiger partial charge >= 0.3 is 7.12 Å². The summed E-state index contributed by atoms with van der Waals surface area (Å²) in [7, 11) is -0.294. The van der Waals surface area contributed by atoms with Crippen LogP contribution < -0.4 is 10.2 Å². The number of ether oxygens (including phenoxy) is 1. The van der Waals surface area contributed by atoms with Gasteiger partial charge in [-0.2, -0.15) is 0 Å². The largest absolute Gasteiger partial charge is 0.494 e. The van der Waals surface area contributed by atoms with Gasteiger partial charge in [0.2, 0.25) is 0 Å². The van der Waals surface area contributed by atoms with Gasteiger partial charge in [0, 0.05) is 31.8 Å². The third-order valence-corrected chi connectivity index (χ3v) is 7.66. The third kappa shape index (κ3) is 2.94. The lowest BCUT2D eigenvalue weighted by Crippen LogP contribution is -2.54. The van der Waals surface area contributed by atoms with Crippen LogP contribution in [-0.2, 0) is 15.7 Å². The van der Waals surface area contributed by atoms with Crippen molar-refractivity contribution in [1.82, 2.24) is 4.90 Å². The van der Waals surface area contributed by atoms with Crippen molar-refractivity contribution in [3.05, 3.63) is 23.8 Å². The summed E-state index contributed by atoms with van der Waals surface area (Å²) in [5.41, 5.74) is 1.84. The molecule has 3 saturated heterocycles. The van der Waals surface area contributed by atoms with Gasteiger partial charge in [-0.15, -0.1) is 0 Å². The summed E-state index contributed by atoms with van der Waals surface area (Å²) in [6.45, 7) is 10.9. The van der Waals surface area contributed by atoms with E-state index in [0.29, 0.717) is 6.04 Å². The van der Waals surface area contributed by atoms with E-state index in [1.165, 1.54) is 44.3 Å². The topological polar surface area (TPSA) is 30.9 Å². The van der Waals surface area contributed by atoms with Gasteiger partial charge in [-0.05, 0) is 64.2 Å². The molecule has 1 aromatic carbocycles. The maximum Gasteiger partial charge on any atom is 0.494 e. The monoisotopic (exact) mass is 369 g/mol. The van der Waals surface area contributed by atoms with E-state index < -0.39 is 0 Å². The Bertz CT molecular complexity index is 733. The molecule has 4 aliphatic heterocycles. The Morgan fingerprint density at radius 3 is 2.59 bits per heavy atom. The molecule has 4 nitrogen and oxygen atoms in total. The van der Waals surface area contributed by atoms with E-state index in [1.807, 2.05) is 0 Å². The average Bonchev–Trinajstić information content (AvgIpc) is 3.07. The maximum absolute atomic E-state index is 6.58. The number of nitrogens with zero attached hydrogens (tertiary/aromatic N) is 1. The molecule has 0 bridgehead atoms. The van der Waals surface area contributed by atoms with Crippen molar-refractivity contribution >= 4 is 12.6 Å². The van der Waals surface area contributed by atoms with Gasteiger partial charge in [-0.1, -0.05) is 18.6 Å². The second-order valence-corrected chi connectivity index (χ2v) is 10.1. The van der Waals surface area contributed by atoms with E-state index in [-0.39, 0.29) is 23.9 Å². The number of hydrogen-bond donors (Lipinski definition) is 0. The van der Waals surface area contributed by atoms with Gasteiger partial charge in [0.25, 0.3) is 0 Å². The van der Waals surface area contributed by atoms with Crippen LogP contribution in [0.15, 0.2) is 18.2 Å². The zero-order chi connectivity index (χ0) is 18.9. The van der Waals surface area contributed by atoms with Crippen LogP contribution in [0.25, 0.3) is 0 Å². The molecule has 1 aromatic rings. The minimum Gasteiger partial charge on any atom is -0.487 e. The first-order valence-electron chi connectivity index (χ1n) is 10.7. The molecule has 0 aromatic heterocycles. The van der Waals surface area contributed by atoms with E-state index in [2.05, 4.69) is 50.8 Å². The summed E-state index contributed by atoms with van der Waals surface area (Å²) in [6.07, 6.45) is 7.41. The third-order valence-electron chi connectivity index (χ3n) is 7.66. The minimum absolute atomic E-state index is 0.00932. The molecule has 4 heterocycles. The molecule has 1 spiro atoms. The predicted octanol–water partition coefficient (Wildman–Crippen LogP) is 3.31. The number of benzene rings is 1. The fraction of sp³-hybridized carbons (Fsp3) is 0.727. The van der Waals surface area contributed by atoms with Crippen molar-refractivity contribution in [3.8, 4) is 5.75 Å². The Kier molecular flexibility index (Phi) is 3.99. The van der Waals surface area contributed by atoms with Gasteiger partial charge in [-0.25, -0.2) is 0 Å². The molecule has 27 heavy (non-hydrogen) atoms. The van der Waals surface area contributed by atoms with E-state index in [1.54, 1.807) is 0 Å². The van der Waals surface area contributed by atoms with Crippen molar-refractivity contribution in [2.75, 3.05) is 13.1 Å². The van der Waals surface area contributed by atoms with Crippen molar-refractivity contribution in [2.45, 2.75) is 89.1 Å². The first-order chi connectivity index (χ1) is 12.8. The van der Waals surface area contributed by atoms with Crippen molar-refractivity contribution in [1.29, 1.82) is 0 Å². The molecular weight excluding hydrogens is 337 g/mol. The Labute approximate surface area is 163 Å². The standard InChI is InChI=1S/C22H32BNO3/c1-20(2)21(3,4)27-23(26-20)17-8-9-19-16(13-17)14-22(25-19)10-12-24-11-6-5-7-18(24)15-22/h8-9,13,18H,5-7,10-12,14-15H2,1-4H3. The maximum atomic E-state index is 6.58. The normalized spacial score (nSPS) is 34.4. The second-order valence-electron chi connectivity index (χ2n) is 10.1. The SMILES string of the molecule is CC1(C)OB(c2ccc3c(c2)CC2(CCN4CCCCC4C2)O3)OC1(C)C. The lowest BCUT2D eigenvalue weighted by atomic mass is 9.76. The lowest BCUT2D eigenvalue weighted by molar-refractivity contribution is -0.0249. The molecule has 2 atom stereocenters. The second kappa shape index (κ2) is 5.98. The summed E-state index contributed by atoms with van der Waals surface area (Å²) in [4.78, 5) is 2.69. The van der Waals surface area contributed by atoms with Gasteiger partial charge in [-0.3, -0.25) is 0 Å². The molecular formula is C22H32BNO3. The molecule has 3 fully saturated rings. The molecule has 0 N–H and O–H groups in total. The van der Waals surface area contributed by atoms with Gasteiger partial charge in [0.1, 0.15) is 11.4 Å². The highest BCUT2D eigenvalue weighted by molar-refractivity contribution is 6.62. The predicted molar refractivity (Wildman–Crippen MR) is 108 cm³/mol. The smallest absolute Gasteiger partial charge is 0.487 e. The van der Waals surface area contributed by atoms with Crippen LogP contribution in [0.3, 0.4) is 0 Å². The van der Waals surface area contributed by atoms with Crippen LogP contribution in [-0.4, -0.2) is 48.0 Å². The van der Waals surface area contributed by atoms with Crippen LogP contribution in [0.2, 0.25) is 0 Å². The molecule has 5 heteroatoms. The molecule has 5 rings (SSSR count). The average molecular weight is 369 g/mol. The van der Waals surface area contributed by atoms with E-state index in [0.717, 1.165) is 24.1 Å². The van der Waals surface area contributed by atoms with Crippen LogP contribution in [0.1, 0.15) is 65.4 Å². The molecule has 146 valence electrons. The van der Waals surface area contributed by atoms with Crippen molar-refractivity contribution < 1.29 is 14.0 Å². The van der Waals surface area contributed by atoms with Crippen LogP contribution in [0.4, 0.5) is 0 Å². The van der Waals surface area contributed by atoms with Crippen LogP contribution in [0, 0.1) is 0 Å². The van der Waals surface area contributed by atoms with E-state index in [4.69, 9.17) is 14.0 Å². The quantitative estimate of drug-likeness (QED) is 0.711. The Balaban J connectivity index is 1.35. The van der Waals surface area contributed by atoms with E-state index in [9.17, 15) is 0 Å². The Hall–Kier alpha value is -1.04. The molecule has 0 aliphatic carbocycles. The minimum atomic E-state index is -0.303. The molecule has 0 amide bonds. The van der Waals surface area contributed by atoms with Gasteiger partial charge < -0.3 is 18.9 Å². The summed E-state index contributed by atoms with van der Waals surface area (Å²) in [6, 6.07) is 7.23. The number of fused-ring (bicyclic) bond motifs is 2. The van der Waals surface area contributed by atoms with Gasteiger partial charge in [0.15, 0.2) is 0 Å². The summed E-state index contributed by atoms with van der Waals surface area (Å²) < 4.78 is 19.1. The van der Waals surface area contributed by atoms with Crippen molar-refractivity contribution in [2.24, 2.45) is 0 Å². The van der Waals surface area contributed by atoms with Crippen LogP contribution in [0.5, 0.6) is 5.75 Å². The zero-order valence-corrected chi connectivity index (χ0v) is 17.2. The first-order valence-corrected chi connectivity index (χ1v) is 10.7. The highest BCUT2D eigenvalue weighted by Crippen LogP contribution is 2.44. The fourth-order valence-electron chi connectivity index (χ4n) is 5.30. The number of hydrogen-bond acceptors (Lipinski definition) is 4. The summed E-state index contributed by atoms with van der Waals surface area (Å²) in [5.74, 6) is 1.07. The molecule has 2 unspecified atom stereocenters. The molecule has 0 radical (unpaired) electrons. The van der Waals surface area contributed by atoms with Gasteiger partial charge in [0.05, 0.1) is 11.2 Å². The molecule has 4 aliphatic rings. The van der Waals surface area contributed by atoms with E-state index >= 15 is 0 Å². The summed E-state index contributed by atoms with van der Waals surface area (Å²) >= 11 is 0. The Morgan fingerprint density at radius 2 is 1.81 bits per heavy atom. The highest BCUT2D eigenvalue weighted by Gasteiger charge is 2.52. The van der Waals surface area contributed by atoms with Crippen molar-refractivity contribution in [3.63, 3.8) is 0 Å². The lowest BCUT2D eigenvalue weighted by Gasteiger charge is -2.46. The Morgan fingerprint density at radius 1 is 1.04 bits per heavy atom. The molecule has 0 saturated carbocycles. The van der Waals surface area contributed by atoms with Crippen LogP contribution >= 0.6 is 0 Å². The fourth-order valence-corrected chi connectivity index (χ4v) is 5.30. The highest BCUT2D eigenvalue weighted by atomic mass is 16.7. The number of piperidine rings is 2. The number of rotatable bonds is 1.